The summed E-state index contributed by atoms with van der Waals surface area (Å²) in [7, 11) is 0. The van der Waals surface area contributed by atoms with Crippen molar-refractivity contribution in [2.24, 2.45) is 5.41 Å². The molecule has 0 aromatic carbocycles. The zero-order chi connectivity index (χ0) is 13.3. The van der Waals surface area contributed by atoms with Crippen molar-refractivity contribution in [2.75, 3.05) is 13.1 Å². The highest BCUT2D eigenvalue weighted by Crippen LogP contribution is 2.40. The summed E-state index contributed by atoms with van der Waals surface area (Å²) in [6.07, 6.45) is 3.17. The van der Waals surface area contributed by atoms with Gasteiger partial charge in [-0.05, 0) is 24.7 Å². The summed E-state index contributed by atoms with van der Waals surface area (Å²) in [4.78, 5) is 24.8. The molecule has 2 N–H and O–H groups in total. The third-order valence-corrected chi connectivity index (χ3v) is 4.15. The quantitative estimate of drug-likeness (QED) is 0.783. The van der Waals surface area contributed by atoms with Gasteiger partial charge in [-0.15, -0.1) is 0 Å². The fourth-order valence-corrected chi connectivity index (χ4v) is 3.23. The zero-order valence-corrected chi connectivity index (χ0v) is 11.1. The van der Waals surface area contributed by atoms with Crippen molar-refractivity contribution in [3.8, 4) is 0 Å². The molecular weight excluding hydrogens is 232 g/mol. The van der Waals surface area contributed by atoms with Crippen molar-refractivity contribution < 1.29 is 14.7 Å². The summed E-state index contributed by atoms with van der Waals surface area (Å²) in [5.74, 6) is -1.03. The highest BCUT2D eigenvalue weighted by molar-refractivity contribution is 5.86. The summed E-state index contributed by atoms with van der Waals surface area (Å²) in [5, 5.41) is 11.7. The molecule has 2 rings (SSSR count). The molecule has 1 saturated heterocycles. The van der Waals surface area contributed by atoms with E-state index in [0.29, 0.717) is 18.0 Å². The summed E-state index contributed by atoms with van der Waals surface area (Å²) >= 11 is 0. The summed E-state index contributed by atoms with van der Waals surface area (Å²) < 4.78 is 0. The minimum absolute atomic E-state index is 0.0945. The van der Waals surface area contributed by atoms with Gasteiger partial charge in [-0.25, -0.2) is 0 Å². The number of amides is 1. The number of carbonyl (C=O) groups excluding carboxylic acids is 1. The molecule has 2 fully saturated rings. The normalized spacial score (nSPS) is 32.2. The van der Waals surface area contributed by atoms with Crippen LogP contribution in [0.3, 0.4) is 0 Å². The van der Waals surface area contributed by atoms with Gasteiger partial charge in [0.2, 0.25) is 5.91 Å². The molecule has 2 atom stereocenters. The molecule has 2 unspecified atom stereocenters. The number of carboxylic acid groups (broad SMARTS) is 1. The van der Waals surface area contributed by atoms with Crippen LogP contribution in [0.2, 0.25) is 0 Å². The van der Waals surface area contributed by atoms with Crippen LogP contribution >= 0.6 is 0 Å². The second-order valence-corrected chi connectivity index (χ2v) is 6.20. The van der Waals surface area contributed by atoms with Crippen LogP contribution in [0.15, 0.2) is 0 Å². The third kappa shape index (κ3) is 2.83. The molecule has 1 saturated carbocycles. The minimum atomic E-state index is -0.903. The molecule has 0 bridgehead atoms. The van der Waals surface area contributed by atoms with Gasteiger partial charge in [-0.3, -0.25) is 14.5 Å². The van der Waals surface area contributed by atoms with E-state index in [9.17, 15) is 9.59 Å². The van der Waals surface area contributed by atoms with E-state index in [2.05, 4.69) is 24.1 Å². The van der Waals surface area contributed by atoms with Crippen LogP contribution in [0, 0.1) is 5.41 Å². The number of carbonyl (C=O) groups is 2. The van der Waals surface area contributed by atoms with Crippen molar-refractivity contribution in [1.82, 2.24) is 10.2 Å². The number of aliphatic carboxylic acids is 1. The Balaban J connectivity index is 2.08. The van der Waals surface area contributed by atoms with Crippen LogP contribution in [-0.4, -0.2) is 47.1 Å². The lowest BCUT2D eigenvalue weighted by molar-refractivity contribution is -0.144. The van der Waals surface area contributed by atoms with Crippen LogP contribution in [0.25, 0.3) is 0 Å². The highest BCUT2D eigenvalue weighted by Gasteiger charge is 2.41. The van der Waals surface area contributed by atoms with E-state index in [0.717, 1.165) is 25.8 Å². The Labute approximate surface area is 108 Å². The Kier molecular flexibility index (Phi) is 3.61. The Morgan fingerprint density at radius 3 is 2.83 bits per heavy atom. The largest absolute Gasteiger partial charge is 0.481 e. The summed E-state index contributed by atoms with van der Waals surface area (Å²) in [5.41, 5.74) is 0.312. The molecule has 0 spiro atoms. The number of rotatable bonds is 3. The molecule has 0 radical (unpaired) electrons. The van der Waals surface area contributed by atoms with Crippen LogP contribution in [-0.2, 0) is 9.59 Å². The molecular formula is C13H22N2O3. The van der Waals surface area contributed by atoms with E-state index in [4.69, 9.17) is 5.11 Å². The Bertz CT molecular complexity index is 354. The zero-order valence-electron chi connectivity index (χ0n) is 11.1. The van der Waals surface area contributed by atoms with Gasteiger partial charge in [0.05, 0.1) is 12.5 Å². The molecule has 0 aromatic rings. The molecule has 18 heavy (non-hydrogen) atoms. The number of nitrogens with zero attached hydrogens (tertiary/aromatic N) is 1. The first-order chi connectivity index (χ1) is 8.39. The van der Waals surface area contributed by atoms with E-state index < -0.39 is 12.0 Å². The van der Waals surface area contributed by atoms with Crippen LogP contribution in [0.5, 0.6) is 0 Å². The topological polar surface area (TPSA) is 69.6 Å². The number of piperazine rings is 1. The van der Waals surface area contributed by atoms with Gasteiger partial charge in [0, 0.05) is 19.1 Å². The summed E-state index contributed by atoms with van der Waals surface area (Å²) in [6.45, 7) is 5.88. The maximum Gasteiger partial charge on any atom is 0.305 e. The van der Waals surface area contributed by atoms with Crippen molar-refractivity contribution in [3.63, 3.8) is 0 Å². The third-order valence-electron chi connectivity index (χ3n) is 4.15. The second-order valence-electron chi connectivity index (χ2n) is 6.20. The molecule has 2 aliphatic rings. The molecule has 5 nitrogen and oxygen atoms in total. The predicted molar refractivity (Wildman–Crippen MR) is 67.2 cm³/mol. The number of nitrogens with one attached hydrogen (secondary N) is 1. The van der Waals surface area contributed by atoms with Gasteiger partial charge in [0.15, 0.2) is 0 Å². The minimum Gasteiger partial charge on any atom is -0.481 e. The lowest BCUT2D eigenvalue weighted by Crippen LogP contribution is -2.58. The van der Waals surface area contributed by atoms with E-state index >= 15 is 0 Å². The van der Waals surface area contributed by atoms with E-state index in [-0.39, 0.29) is 12.3 Å². The molecule has 102 valence electrons. The fraction of sp³-hybridized carbons (Fsp3) is 0.846. The van der Waals surface area contributed by atoms with Crippen LogP contribution in [0.1, 0.15) is 39.5 Å². The van der Waals surface area contributed by atoms with Gasteiger partial charge in [-0.1, -0.05) is 13.8 Å². The van der Waals surface area contributed by atoms with Crippen molar-refractivity contribution >= 4 is 11.9 Å². The van der Waals surface area contributed by atoms with E-state index in [1.807, 2.05) is 0 Å². The Morgan fingerprint density at radius 1 is 1.56 bits per heavy atom. The Morgan fingerprint density at radius 2 is 2.28 bits per heavy atom. The lowest BCUT2D eigenvalue weighted by Gasteiger charge is -2.39. The van der Waals surface area contributed by atoms with Crippen molar-refractivity contribution in [2.45, 2.75) is 51.6 Å². The molecule has 5 heteroatoms. The molecule has 1 heterocycles. The van der Waals surface area contributed by atoms with Crippen LogP contribution < -0.4 is 5.32 Å². The van der Waals surface area contributed by atoms with Gasteiger partial charge < -0.3 is 10.4 Å². The monoisotopic (exact) mass is 254 g/mol. The fourth-order valence-electron chi connectivity index (χ4n) is 3.23. The van der Waals surface area contributed by atoms with Gasteiger partial charge in [0.25, 0.3) is 0 Å². The first kappa shape index (κ1) is 13.3. The standard InChI is InChI=1S/C13H22N2O3/c1-13(2)4-3-9(8-13)15-6-5-14-12(18)10(15)7-11(16)17/h9-10H,3-8H2,1-2H3,(H,14,18)(H,16,17). The second kappa shape index (κ2) is 4.88. The van der Waals surface area contributed by atoms with E-state index in [1.54, 1.807) is 0 Å². The van der Waals surface area contributed by atoms with Crippen LogP contribution in [0.4, 0.5) is 0 Å². The average Bonchev–Trinajstić information content (AvgIpc) is 2.61. The smallest absolute Gasteiger partial charge is 0.305 e. The Hall–Kier alpha value is -1.10. The van der Waals surface area contributed by atoms with Crippen molar-refractivity contribution in [3.05, 3.63) is 0 Å². The lowest BCUT2D eigenvalue weighted by atomic mass is 9.91. The highest BCUT2D eigenvalue weighted by atomic mass is 16.4. The summed E-state index contributed by atoms with van der Waals surface area (Å²) in [6, 6.07) is -0.134. The van der Waals surface area contributed by atoms with Gasteiger partial charge in [-0.2, -0.15) is 0 Å². The number of carboxylic acids is 1. The first-order valence-electron chi connectivity index (χ1n) is 6.64. The maximum atomic E-state index is 11.8. The molecule has 1 amide bonds. The average molecular weight is 254 g/mol. The SMILES string of the molecule is CC1(C)CCC(N2CCNC(=O)C2CC(=O)O)C1. The van der Waals surface area contributed by atoms with E-state index in [1.165, 1.54) is 0 Å². The predicted octanol–water partition coefficient (Wildman–Crippen LogP) is 0.840. The van der Waals surface area contributed by atoms with Crippen molar-refractivity contribution in [1.29, 1.82) is 0 Å². The molecule has 0 aromatic heterocycles. The number of hydrogen-bond acceptors (Lipinski definition) is 3. The van der Waals surface area contributed by atoms with Gasteiger partial charge in [0.1, 0.15) is 0 Å². The molecule has 1 aliphatic heterocycles. The first-order valence-corrected chi connectivity index (χ1v) is 6.64. The number of hydrogen-bond donors (Lipinski definition) is 2. The maximum absolute atomic E-state index is 11.8. The molecule has 1 aliphatic carbocycles. The van der Waals surface area contributed by atoms with Gasteiger partial charge >= 0.3 is 5.97 Å².